The zero-order valence-electron chi connectivity index (χ0n) is 14.7. The van der Waals surface area contributed by atoms with E-state index in [9.17, 15) is 0 Å². The van der Waals surface area contributed by atoms with E-state index in [0.29, 0.717) is 0 Å². The van der Waals surface area contributed by atoms with Crippen molar-refractivity contribution in [2.45, 2.75) is 32.3 Å². The Morgan fingerprint density at radius 1 is 0.720 bits per heavy atom. The van der Waals surface area contributed by atoms with Gasteiger partial charge >= 0.3 is 0 Å². The van der Waals surface area contributed by atoms with Crippen LogP contribution >= 0.6 is 8.15 Å². The summed E-state index contributed by atoms with van der Waals surface area (Å²) >= 11 is 0. The van der Waals surface area contributed by atoms with E-state index in [1.54, 1.807) is 0 Å². The van der Waals surface area contributed by atoms with Crippen LogP contribution in [0.3, 0.4) is 0 Å². The van der Waals surface area contributed by atoms with Gasteiger partial charge in [-0.1, -0.05) is 97.9 Å². The molecule has 0 heterocycles. The van der Waals surface area contributed by atoms with Crippen molar-refractivity contribution >= 4 is 18.8 Å². The van der Waals surface area contributed by atoms with Gasteiger partial charge in [0.15, 0.2) is 0 Å². The van der Waals surface area contributed by atoms with Crippen molar-refractivity contribution in [3.05, 3.63) is 96.6 Å². The zero-order valence-corrected chi connectivity index (χ0v) is 15.6. The van der Waals surface area contributed by atoms with Gasteiger partial charge in [0.05, 0.1) is 14.3 Å². The lowest BCUT2D eigenvalue weighted by molar-refractivity contribution is 0.214. The Morgan fingerprint density at radius 3 is 1.68 bits per heavy atom. The highest BCUT2D eigenvalue weighted by atomic mass is 31.1. The van der Waals surface area contributed by atoms with E-state index in [2.05, 4.69) is 97.9 Å². The fraction of sp³-hybridized carbons (Fsp3) is 0.217. The highest BCUT2D eigenvalue weighted by Crippen LogP contribution is 2.38. The van der Waals surface area contributed by atoms with Gasteiger partial charge in [-0.3, -0.25) is 0 Å². The highest BCUT2D eigenvalue weighted by molar-refractivity contribution is 7.68. The Morgan fingerprint density at radius 2 is 1.20 bits per heavy atom. The molecule has 1 atom stereocenters. The lowest BCUT2D eigenvalue weighted by atomic mass is 10.1. The zero-order chi connectivity index (χ0) is 17.3. The lowest BCUT2D eigenvalue weighted by Crippen LogP contribution is -2.19. The molecule has 0 saturated heterocycles. The number of rotatable bonds is 8. The van der Waals surface area contributed by atoms with E-state index in [4.69, 9.17) is 4.52 Å². The SMILES string of the molecule is CCC(CCc1ccccc1)OP(c1ccccc1)c1ccccc1. The van der Waals surface area contributed by atoms with Crippen LogP contribution in [0.15, 0.2) is 91.0 Å². The fourth-order valence-electron chi connectivity index (χ4n) is 2.85. The second-order valence-corrected chi connectivity index (χ2v) is 7.96. The van der Waals surface area contributed by atoms with Crippen molar-refractivity contribution in [3.8, 4) is 0 Å². The molecule has 25 heavy (non-hydrogen) atoms. The Balaban J connectivity index is 1.74. The molecule has 0 aliphatic rings. The summed E-state index contributed by atoms with van der Waals surface area (Å²) in [7, 11) is -0.777. The Hall–Kier alpha value is -1.95. The molecule has 3 aromatic carbocycles. The largest absolute Gasteiger partial charge is 0.346 e. The maximum Gasteiger partial charge on any atom is 0.0921 e. The van der Waals surface area contributed by atoms with Crippen molar-refractivity contribution < 1.29 is 4.52 Å². The molecule has 0 aliphatic heterocycles. The number of aryl methyl sites for hydroxylation is 1. The predicted octanol–water partition coefficient (Wildman–Crippen LogP) is 5.46. The molecule has 0 radical (unpaired) electrons. The third kappa shape index (κ3) is 5.26. The first-order valence-corrected chi connectivity index (χ1v) is 10.2. The topological polar surface area (TPSA) is 9.23 Å². The highest BCUT2D eigenvalue weighted by Gasteiger charge is 2.19. The number of hydrogen-bond acceptors (Lipinski definition) is 1. The normalized spacial score (nSPS) is 12.2. The molecule has 0 spiro atoms. The van der Waals surface area contributed by atoms with Crippen molar-refractivity contribution in [1.82, 2.24) is 0 Å². The molecule has 3 rings (SSSR count). The molecule has 0 aromatic heterocycles. The van der Waals surface area contributed by atoms with Crippen LogP contribution < -0.4 is 10.6 Å². The van der Waals surface area contributed by atoms with Gasteiger partial charge in [0, 0.05) is 10.6 Å². The summed E-state index contributed by atoms with van der Waals surface area (Å²) in [5, 5.41) is 2.56. The van der Waals surface area contributed by atoms with E-state index in [-0.39, 0.29) is 6.10 Å². The number of hydrogen-bond donors (Lipinski definition) is 0. The smallest absolute Gasteiger partial charge is 0.0921 e. The van der Waals surface area contributed by atoms with Crippen molar-refractivity contribution in [2.75, 3.05) is 0 Å². The maximum absolute atomic E-state index is 6.66. The monoisotopic (exact) mass is 348 g/mol. The van der Waals surface area contributed by atoms with E-state index in [1.807, 2.05) is 0 Å². The fourth-order valence-corrected chi connectivity index (χ4v) is 4.83. The Labute approximate surface area is 152 Å². The Bertz CT molecular complexity index is 688. The first kappa shape index (κ1) is 17.9. The molecule has 1 nitrogen and oxygen atoms in total. The van der Waals surface area contributed by atoms with Gasteiger partial charge < -0.3 is 4.52 Å². The van der Waals surface area contributed by atoms with Gasteiger partial charge in [0.25, 0.3) is 0 Å². The van der Waals surface area contributed by atoms with Crippen LogP contribution in [-0.2, 0) is 10.9 Å². The summed E-state index contributed by atoms with van der Waals surface area (Å²) < 4.78 is 6.66. The van der Waals surface area contributed by atoms with Crippen LogP contribution in [0.5, 0.6) is 0 Å². The molecular weight excluding hydrogens is 323 g/mol. The molecule has 128 valence electrons. The summed E-state index contributed by atoms with van der Waals surface area (Å²) in [6.07, 6.45) is 3.42. The van der Waals surface area contributed by atoms with Gasteiger partial charge in [-0.05, 0) is 24.8 Å². The summed E-state index contributed by atoms with van der Waals surface area (Å²) in [5.41, 5.74) is 1.38. The second-order valence-electron chi connectivity index (χ2n) is 6.13. The minimum Gasteiger partial charge on any atom is -0.346 e. The van der Waals surface area contributed by atoms with Crippen LogP contribution in [0.1, 0.15) is 25.3 Å². The standard InChI is InChI=1S/C23H25OP/c1-2-21(19-18-20-12-6-3-7-13-20)24-25(22-14-8-4-9-15-22)23-16-10-5-11-17-23/h3-17,21H,2,18-19H2,1H3. The first-order chi connectivity index (χ1) is 12.4. The second kappa shape index (κ2) is 9.51. The Kier molecular flexibility index (Phi) is 6.79. The van der Waals surface area contributed by atoms with Crippen LogP contribution in [0.4, 0.5) is 0 Å². The van der Waals surface area contributed by atoms with Crippen LogP contribution in [0, 0.1) is 0 Å². The van der Waals surface area contributed by atoms with Gasteiger partial charge in [-0.2, -0.15) is 0 Å². The van der Waals surface area contributed by atoms with Gasteiger partial charge in [-0.25, -0.2) is 0 Å². The van der Waals surface area contributed by atoms with Crippen molar-refractivity contribution in [3.63, 3.8) is 0 Å². The van der Waals surface area contributed by atoms with Gasteiger partial charge in [0.1, 0.15) is 0 Å². The summed E-state index contributed by atoms with van der Waals surface area (Å²) in [6, 6.07) is 31.9. The van der Waals surface area contributed by atoms with E-state index in [0.717, 1.165) is 19.3 Å². The first-order valence-electron chi connectivity index (χ1n) is 8.97. The molecule has 0 saturated carbocycles. The van der Waals surface area contributed by atoms with Gasteiger partial charge in [-0.15, -0.1) is 0 Å². The average Bonchev–Trinajstić information content (AvgIpc) is 2.70. The quantitative estimate of drug-likeness (QED) is 0.491. The maximum atomic E-state index is 6.66. The summed E-state index contributed by atoms with van der Waals surface area (Å²) in [6.45, 7) is 2.22. The van der Waals surface area contributed by atoms with E-state index < -0.39 is 8.15 Å². The third-order valence-corrected chi connectivity index (χ3v) is 6.33. The molecule has 0 amide bonds. The van der Waals surface area contributed by atoms with Crippen molar-refractivity contribution in [1.29, 1.82) is 0 Å². The molecule has 3 aromatic rings. The molecule has 1 unspecified atom stereocenters. The van der Waals surface area contributed by atoms with Crippen molar-refractivity contribution in [2.24, 2.45) is 0 Å². The van der Waals surface area contributed by atoms with Gasteiger partial charge in [0.2, 0.25) is 0 Å². The predicted molar refractivity (Wildman–Crippen MR) is 109 cm³/mol. The van der Waals surface area contributed by atoms with E-state index >= 15 is 0 Å². The molecule has 0 N–H and O–H groups in total. The van der Waals surface area contributed by atoms with Crippen LogP contribution in [-0.4, -0.2) is 6.10 Å². The molecule has 0 fully saturated rings. The minimum absolute atomic E-state index is 0.270. The lowest BCUT2D eigenvalue weighted by Gasteiger charge is -2.25. The summed E-state index contributed by atoms with van der Waals surface area (Å²) in [4.78, 5) is 0. The van der Waals surface area contributed by atoms with Crippen LogP contribution in [0.2, 0.25) is 0 Å². The minimum atomic E-state index is -0.777. The third-order valence-electron chi connectivity index (χ3n) is 4.29. The molecule has 0 aliphatic carbocycles. The van der Waals surface area contributed by atoms with E-state index in [1.165, 1.54) is 16.2 Å². The number of benzene rings is 3. The van der Waals surface area contributed by atoms with Crippen LogP contribution in [0.25, 0.3) is 0 Å². The molecular formula is C23H25OP. The summed E-state index contributed by atoms with van der Waals surface area (Å²) in [5.74, 6) is 0. The molecule has 0 bridgehead atoms. The average molecular weight is 348 g/mol. The molecule has 2 heteroatoms.